The lowest BCUT2D eigenvalue weighted by atomic mass is 9.82. The van der Waals surface area contributed by atoms with Crippen molar-refractivity contribution >= 4 is 17.3 Å². The molecule has 0 spiro atoms. The molecule has 2 rings (SSSR count). The van der Waals surface area contributed by atoms with E-state index < -0.39 is 5.92 Å². The highest BCUT2D eigenvalue weighted by Gasteiger charge is 2.35. The number of ether oxygens (including phenoxy) is 1. The Balaban J connectivity index is 1.93. The molecule has 0 bridgehead atoms. The smallest absolute Gasteiger partial charge is 0.151 e. The Morgan fingerprint density at radius 1 is 1.15 bits per heavy atom. The molecule has 0 N–H and O–H groups in total. The summed E-state index contributed by atoms with van der Waals surface area (Å²) < 4.78 is 5.06. The third-order valence-electron chi connectivity index (χ3n) is 3.63. The molecule has 4 nitrogen and oxygen atoms in total. The number of methoxy groups -OCH3 is 1. The van der Waals surface area contributed by atoms with E-state index in [4.69, 9.17) is 4.74 Å². The summed E-state index contributed by atoms with van der Waals surface area (Å²) in [6, 6.07) is 7.43. The van der Waals surface area contributed by atoms with Crippen LogP contribution in [0.3, 0.4) is 0 Å². The van der Waals surface area contributed by atoms with Crippen LogP contribution in [0.1, 0.15) is 31.2 Å². The maximum atomic E-state index is 12.0. The molecule has 1 aromatic carbocycles. The minimum atomic E-state index is -0.998. The first-order valence-electron chi connectivity index (χ1n) is 6.83. The molecule has 0 saturated heterocycles. The molecule has 1 saturated carbocycles. The highest BCUT2D eigenvalue weighted by Crippen LogP contribution is 2.20. The summed E-state index contributed by atoms with van der Waals surface area (Å²) in [5.41, 5.74) is 0.995. The van der Waals surface area contributed by atoms with Crippen LogP contribution in [0, 0.1) is 5.92 Å². The van der Waals surface area contributed by atoms with Crippen LogP contribution in [0.25, 0.3) is 0 Å². The van der Waals surface area contributed by atoms with E-state index in [0.717, 1.165) is 11.3 Å². The fraction of sp³-hybridized carbons (Fsp3) is 0.438. The van der Waals surface area contributed by atoms with Gasteiger partial charge in [0.05, 0.1) is 7.11 Å². The lowest BCUT2D eigenvalue weighted by Gasteiger charge is -2.18. The summed E-state index contributed by atoms with van der Waals surface area (Å²) in [6.45, 7) is 0. The largest absolute Gasteiger partial charge is 0.497 e. The third-order valence-corrected chi connectivity index (χ3v) is 3.63. The predicted molar refractivity (Wildman–Crippen MR) is 73.7 cm³/mol. The Hall–Kier alpha value is -1.97. The van der Waals surface area contributed by atoms with Crippen LogP contribution in [0.15, 0.2) is 24.3 Å². The van der Waals surface area contributed by atoms with Crippen molar-refractivity contribution < 1.29 is 19.1 Å². The Bertz CT molecular complexity index is 500. The van der Waals surface area contributed by atoms with Crippen LogP contribution in [0.4, 0.5) is 0 Å². The summed E-state index contributed by atoms with van der Waals surface area (Å²) in [5.74, 6) is -0.891. The van der Waals surface area contributed by atoms with Crippen molar-refractivity contribution in [2.24, 2.45) is 5.92 Å². The predicted octanol–water partition coefficient (Wildman–Crippen LogP) is 2.14. The molecular formula is C16H18O4. The van der Waals surface area contributed by atoms with Gasteiger partial charge in [-0.15, -0.1) is 0 Å². The number of rotatable bonds is 5. The third kappa shape index (κ3) is 3.32. The van der Waals surface area contributed by atoms with Gasteiger partial charge in [-0.3, -0.25) is 14.4 Å². The van der Waals surface area contributed by atoms with E-state index in [0.29, 0.717) is 25.7 Å². The molecule has 4 heteroatoms. The fourth-order valence-corrected chi connectivity index (χ4v) is 2.47. The monoisotopic (exact) mass is 274 g/mol. The van der Waals surface area contributed by atoms with E-state index in [1.807, 2.05) is 24.3 Å². The van der Waals surface area contributed by atoms with Crippen LogP contribution >= 0.6 is 0 Å². The average molecular weight is 274 g/mol. The molecule has 0 radical (unpaired) electrons. The molecule has 1 aliphatic carbocycles. The van der Waals surface area contributed by atoms with E-state index in [9.17, 15) is 14.4 Å². The van der Waals surface area contributed by atoms with E-state index in [-0.39, 0.29) is 23.8 Å². The Morgan fingerprint density at radius 3 is 2.30 bits per heavy atom. The minimum Gasteiger partial charge on any atom is -0.497 e. The zero-order chi connectivity index (χ0) is 14.5. The van der Waals surface area contributed by atoms with Gasteiger partial charge in [-0.2, -0.15) is 0 Å². The normalized spacial score (nSPS) is 16.2. The van der Waals surface area contributed by atoms with E-state index in [1.54, 1.807) is 7.11 Å². The SMILES string of the molecule is COc1ccc(CCC(=O)C2C(=O)CCCC2=O)cc1. The van der Waals surface area contributed by atoms with E-state index in [1.165, 1.54) is 0 Å². The number of aryl methyl sites for hydroxylation is 1. The number of carbonyl (C=O) groups is 3. The number of benzene rings is 1. The molecule has 1 fully saturated rings. The summed E-state index contributed by atoms with van der Waals surface area (Å²) in [6.07, 6.45) is 2.06. The fourth-order valence-electron chi connectivity index (χ4n) is 2.47. The molecule has 1 aliphatic rings. The molecule has 20 heavy (non-hydrogen) atoms. The van der Waals surface area contributed by atoms with Gasteiger partial charge < -0.3 is 4.74 Å². The number of carbonyl (C=O) groups excluding carboxylic acids is 3. The van der Waals surface area contributed by atoms with Gasteiger partial charge in [0.15, 0.2) is 17.3 Å². The first-order chi connectivity index (χ1) is 9.61. The zero-order valence-corrected chi connectivity index (χ0v) is 11.6. The summed E-state index contributed by atoms with van der Waals surface area (Å²) in [7, 11) is 1.60. The van der Waals surface area contributed by atoms with Gasteiger partial charge in [-0.1, -0.05) is 12.1 Å². The molecule has 0 atom stereocenters. The minimum absolute atomic E-state index is 0.207. The lowest BCUT2D eigenvalue weighted by molar-refractivity contribution is -0.142. The van der Waals surface area contributed by atoms with E-state index >= 15 is 0 Å². The number of ketones is 3. The molecule has 106 valence electrons. The standard InChI is InChI=1S/C16H18O4/c1-20-12-8-5-11(6-9-12)7-10-15(19)16-13(17)3-2-4-14(16)18/h5-6,8-9,16H,2-4,7,10H2,1H3. The van der Waals surface area contributed by atoms with Gasteiger partial charge in [0.2, 0.25) is 0 Å². The quantitative estimate of drug-likeness (QED) is 0.772. The first kappa shape index (κ1) is 14.4. The van der Waals surface area contributed by atoms with Gasteiger partial charge in [-0.05, 0) is 30.5 Å². The van der Waals surface area contributed by atoms with Crippen molar-refractivity contribution in [3.05, 3.63) is 29.8 Å². The molecule has 0 aromatic heterocycles. The maximum absolute atomic E-state index is 12.0. The molecule has 1 aromatic rings. The van der Waals surface area contributed by atoms with Gasteiger partial charge >= 0.3 is 0 Å². The summed E-state index contributed by atoms with van der Waals surface area (Å²) >= 11 is 0. The van der Waals surface area contributed by atoms with Crippen molar-refractivity contribution in [3.63, 3.8) is 0 Å². The van der Waals surface area contributed by atoms with Crippen molar-refractivity contribution in [1.29, 1.82) is 0 Å². The van der Waals surface area contributed by atoms with Crippen LogP contribution in [-0.2, 0) is 20.8 Å². The molecular weight excluding hydrogens is 256 g/mol. The Kier molecular flexibility index (Phi) is 4.66. The zero-order valence-electron chi connectivity index (χ0n) is 11.6. The molecule has 0 aliphatic heterocycles. The number of Topliss-reactive ketones (excluding diaryl/α,β-unsaturated/α-hetero) is 3. The van der Waals surface area contributed by atoms with Crippen molar-refractivity contribution in [3.8, 4) is 5.75 Å². The van der Waals surface area contributed by atoms with Gasteiger partial charge in [0.25, 0.3) is 0 Å². The van der Waals surface area contributed by atoms with Gasteiger partial charge in [0, 0.05) is 19.3 Å². The van der Waals surface area contributed by atoms with Crippen LogP contribution in [0.5, 0.6) is 5.75 Å². The summed E-state index contributed by atoms with van der Waals surface area (Å²) in [5, 5.41) is 0. The second-order valence-electron chi connectivity index (χ2n) is 5.03. The van der Waals surface area contributed by atoms with Crippen molar-refractivity contribution in [2.45, 2.75) is 32.1 Å². The molecule has 0 heterocycles. The topological polar surface area (TPSA) is 60.4 Å². The van der Waals surface area contributed by atoms with Crippen LogP contribution in [-0.4, -0.2) is 24.5 Å². The second-order valence-corrected chi connectivity index (χ2v) is 5.03. The summed E-state index contributed by atoms with van der Waals surface area (Å²) in [4.78, 5) is 35.4. The Morgan fingerprint density at radius 2 is 1.75 bits per heavy atom. The van der Waals surface area contributed by atoms with Crippen LogP contribution in [0.2, 0.25) is 0 Å². The highest BCUT2D eigenvalue weighted by atomic mass is 16.5. The molecule has 0 unspecified atom stereocenters. The van der Waals surface area contributed by atoms with Crippen molar-refractivity contribution in [2.75, 3.05) is 7.11 Å². The number of hydrogen-bond donors (Lipinski definition) is 0. The number of hydrogen-bond acceptors (Lipinski definition) is 4. The van der Waals surface area contributed by atoms with Gasteiger partial charge in [-0.25, -0.2) is 0 Å². The maximum Gasteiger partial charge on any atom is 0.151 e. The molecule has 0 amide bonds. The van der Waals surface area contributed by atoms with Gasteiger partial charge in [0.1, 0.15) is 11.7 Å². The van der Waals surface area contributed by atoms with Crippen molar-refractivity contribution in [1.82, 2.24) is 0 Å². The average Bonchev–Trinajstić information content (AvgIpc) is 2.45. The Labute approximate surface area is 118 Å². The van der Waals surface area contributed by atoms with E-state index in [2.05, 4.69) is 0 Å². The second kappa shape index (κ2) is 6.46. The highest BCUT2D eigenvalue weighted by molar-refractivity contribution is 6.20. The first-order valence-corrected chi connectivity index (χ1v) is 6.83. The lowest BCUT2D eigenvalue weighted by Crippen LogP contribution is -2.35. The van der Waals surface area contributed by atoms with Crippen LogP contribution < -0.4 is 4.74 Å².